The number of alkyl halides is 3. The molecule has 2 aliphatic rings. The zero-order chi connectivity index (χ0) is 23.6. The molecular weight excluding hydrogens is 431 g/mol. The van der Waals surface area contributed by atoms with Crippen molar-refractivity contribution in [2.24, 2.45) is 5.92 Å². The number of benzene rings is 1. The van der Waals surface area contributed by atoms with Crippen LogP contribution in [0.3, 0.4) is 0 Å². The molecule has 0 atom stereocenters. The summed E-state index contributed by atoms with van der Waals surface area (Å²) < 4.78 is 40.1. The number of hydrogen-bond donors (Lipinski definition) is 1. The fraction of sp³-hybridized carbons (Fsp3) is 0.542. The number of piperidine rings is 2. The van der Waals surface area contributed by atoms with E-state index in [0.717, 1.165) is 55.9 Å². The second kappa shape index (κ2) is 9.57. The van der Waals surface area contributed by atoms with Crippen LogP contribution in [-0.2, 0) is 11.0 Å². The van der Waals surface area contributed by atoms with Crippen LogP contribution in [0.5, 0.6) is 0 Å². The van der Waals surface area contributed by atoms with Crippen LogP contribution < -0.4 is 15.1 Å². The molecule has 0 bridgehead atoms. The molecule has 1 amide bonds. The van der Waals surface area contributed by atoms with E-state index < -0.39 is 11.7 Å². The van der Waals surface area contributed by atoms with Crippen LogP contribution in [0.4, 0.5) is 30.5 Å². The number of carbonyl (C=O) groups excluding carboxylic acids is 1. The Morgan fingerprint density at radius 2 is 1.58 bits per heavy atom. The first-order valence-electron chi connectivity index (χ1n) is 11.5. The van der Waals surface area contributed by atoms with Gasteiger partial charge >= 0.3 is 6.18 Å². The van der Waals surface area contributed by atoms with Gasteiger partial charge in [0.05, 0.1) is 16.9 Å². The number of hydrogen-bond acceptors (Lipinski definition) is 5. The molecule has 0 radical (unpaired) electrons. The van der Waals surface area contributed by atoms with Gasteiger partial charge in [-0.2, -0.15) is 13.2 Å². The van der Waals surface area contributed by atoms with E-state index in [1.54, 1.807) is 0 Å². The summed E-state index contributed by atoms with van der Waals surface area (Å²) in [5.74, 6) is 0.168. The molecule has 4 rings (SSSR count). The van der Waals surface area contributed by atoms with Crippen molar-refractivity contribution in [1.29, 1.82) is 0 Å². The van der Waals surface area contributed by atoms with E-state index in [1.807, 2.05) is 19.9 Å². The van der Waals surface area contributed by atoms with E-state index in [9.17, 15) is 18.0 Å². The van der Waals surface area contributed by atoms with E-state index in [0.29, 0.717) is 37.6 Å². The van der Waals surface area contributed by atoms with Crippen LogP contribution in [0.1, 0.15) is 49.1 Å². The standard InChI is InChI=1S/C24H30F3N5O/c1-16-14-17(2)29-23(28-16)32-12-8-18(9-13-32)22(33)30-20-15-19(24(25,26)27)6-7-21(20)31-10-4-3-5-11-31/h6-7,14-15,18H,3-5,8-13H2,1-2H3,(H,30,33). The molecule has 1 aromatic heterocycles. The molecule has 0 unspecified atom stereocenters. The van der Waals surface area contributed by atoms with Gasteiger partial charge in [-0.3, -0.25) is 4.79 Å². The highest BCUT2D eigenvalue weighted by Crippen LogP contribution is 2.37. The third kappa shape index (κ3) is 5.57. The van der Waals surface area contributed by atoms with E-state index in [1.165, 1.54) is 6.07 Å². The van der Waals surface area contributed by atoms with Crippen molar-refractivity contribution >= 4 is 23.2 Å². The second-order valence-electron chi connectivity index (χ2n) is 8.98. The van der Waals surface area contributed by atoms with E-state index in [2.05, 4.69) is 25.1 Å². The van der Waals surface area contributed by atoms with Gasteiger partial charge < -0.3 is 15.1 Å². The van der Waals surface area contributed by atoms with Crippen LogP contribution >= 0.6 is 0 Å². The Hall–Kier alpha value is -2.84. The zero-order valence-electron chi connectivity index (χ0n) is 19.1. The summed E-state index contributed by atoms with van der Waals surface area (Å²) in [5.41, 5.74) is 1.95. The van der Waals surface area contributed by atoms with Gasteiger partial charge in [-0.15, -0.1) is 0 Å². The number of nitrogens with zero attached hydrogens (tertiary/aromatic N) is 4. The van der Waals surface area contributed by atoms with Crippen LogP contribution in [0, 0.1) is 19.8 Å². The van der Waals surface area contributed by atoms with Gasteiger partial charge in [0, 0.05) is 43.5 Å². The number of carbonyl (C=O) groups is 1. The van der Waals surface area contributed by atoms with Crippen molar-refractivity contribution in [3.63, 3.8) is 0 Å². The summed E-state index contributed by atoms with van der Waals surface area (Å²) in [4.78, 5) is 26.2. The highest BCUT2D eigenvalue weighted by atomic mass is 19.4. The first-order valence-corrected chi connectivity index (χ1v) is 11.5. The molecule has 2 saturated heterocycles. The maximum atomic E-state index is 13.4. The topological polar surface area (TPSA) is 61.4 Å². The van der Waals surface area contributed by atoms with Crippen LogP contribution in [0.2, 0.25) is 0 Å². The van der Waals surface area contributed by atoms with Gasteiger partial charge in [0.2, 0.25) is 11.9 Å². The molecule has 2 aromatic rings. The molecular formula is C24H30F3N5O. The van der Waals surface area contributed by atoms with Crippen molar-refractivity contribution < 1.29 is 18.0 Å². The monoisotopic (exact) mass is 461 g/mol. The molecule has 33 heavy (non-hydrogen) atoms. The first kappa shape index (κ1) is 23.3. The molecule has 6 nitrogen and oxygen atoms in total. The molecule has 0 saturated carbocycles. The molecule has 2 fully saturated rings. The van der Waals surface area contributed by atoms with E-state index >= 15 is 0 Å². The third-order valence-corrected chi connectivity index (χ3v) is 6.40. The zero-order valence-corrected chi connectivity index (χ0v) is 19.1. The minimum Gasteiger partial charge on any atom is -0.370 e. The summed E-state index contributed by atoms with van der Waals surface area (Å²) in [6.07, 6.45) is -0.167. The summed E-state index contributed by atoms with van der Waals surface area (Å²) in [7, 11) is 0. The van der Waals surface area contributed by atoms with E-state index in [4.69, 9.17) is 0 Å². The lowest BCUT2D eigenvalue weighted by Crippen LogP contribution is -2.39. The molecule has 2 aliphatic heterocycles. The summed E-state index contributed by atoms with van der Waals surface area (Å²) in [6.45, 7) is 6.66. The van der Waals surface area contributed by atoms with Crippen LogP contribution in [0.15, 0.2) is 24.3 Å². The SMILES string of the molecule is Cc1cc(C)nc(N2CCC(C(=O)Nc3cc(C(F)(F)F)ccc3N3CCCCC3)CC2)n1. The number of aryl methyl sites for hydroxylation is 2. The number of aromatic nitrogens is 2. The van der Waals surface area contributed by atoms with Crippen molar-refractivity contribution in [3.8, 4) is 0 Å². The fourth-order valence-corrected chi connectivity index (χ4v) is 4.65. The number of halogens is 3. The number of rotatable bonds is 4. The molecule has 0 aliphatic carbocycles. The number of nitrogens with one attached hydrogen (secondary N) is 1. The lowest BCUT2D eigenvalue weighted by atomic mass is 9.95. The normalized spacial score (nSPS) is 17.8. The first-order chi connectivity index (χ1) is 15.7. The minimum absolute atomic E-state index is 0.228. The maximum absolute atomic E-state index is 13.4. The smallest absolute Gasteiger partial charge is 0.370 e. The van der Waals surface area contributed by atoms with Crippen LogP contribution in [0.25, 0.3) is 0 Å². The quantitative estimate of drug-likeness (QED) is 0.698. The van der Waals surface area contributed by atoms with Gasteiger partial charge in [-0.1, -0.05) is 0 Å². The van der Waals surface area contributed by atoms with Gasteiger partial charge in [0.15, 0.2) is 0 Å². The highest BCUT2D eigenvalue weighted by molar-refractivity contribution is 5.96. The van der Waals surface area contributed by atoms with Gasteiger partial charge in [-0.25, -0.2) is 9.97 Å². The Bertz CT molecular complexity index is 976. The van der Waals surface area contributed by atoms with Gasteiger partial charge in [0.1, 0.15) is 0 Å². The Morgan fingerprint density at radius 1 is 0.939 bits per heavy atom. The number of anilines is 3. The van der Waals surface area contributed by atoms with Crippen molar-refractivity contribution in [3.05, 3.63) is 41.2 Å². The summed E-state index contributed by atoms with van der Waals surface area (Å²) >= 11 is 0. The summed E-state index contributed by atoms with van der Waals surface area (Å²) in [5, 5.41) is 2.83. The fourth-order valence-electron chi connectivity index (χ4n) is 4.65. The molecule has 1 aromatic carbocycles. The lowest BCUT2D eigenvalue weighted by molar-refractivity contribution is -0.137. The Balaban J connectivity index is 1.47. The van der Waals surface area contributed by atoms with E-state index in [-0.39, 0.29) is 17.5 Å². The Kier molecular flexibility index (Phi) is 6.76. The average Bonchev–Trinajstić information content (AvgIpc) is 2.78. The van der Waals surface area contributed by atoms with Crippen molar-refractivity contribution in [2.75, 3.05) is 41.3 Å². The minimum atomic E-state index is -4.46. The molecule has 178 valence electrons. The molecule has 0 spiro atoms. The summed E-state index contributed by atoms with van der Waals surface area (Å²) in [6, 6.07) is 5.57. The lowest BCUT2D eigenvalue weighted by Gasteiger charge is -2.33. The predicted molar refractivity (Wildman–Crippen MR) is 123 cm³/mol. The van der Waals surface area contributed by atoms with Crippen molar-refractivity contribution in [1.82, 2.24) is 9.97 Å². The largest absolute Gasteiger partial charge is 0.416 e. The van der Waals surface area contributed by atoms with Crippen LogP contribution in [-0.4, -0.2) is 42.1 Å². The predicted octanol–water partition coefficient (Wildman–Crippen LogP) is 4.96. The molecule has 3 heterocycles. The third-order valence-electron chi connectivity index (χ3n) is 6.40. The number of amides is 1. The van der Waals surface area contributed by atoms with Gasteiger partial charge in [0.25, 0.3) is 0 Å². The second-order valence-corrected chi connectivity index (χ2v) is 8.98. The Labute approximate surface area is 192 Å². The van der Waals surface area contributed by atoms with Gasteiger partial charge in [-0.05, 0) is 70.2 Å². The van der Waals surface area contributed by atoms with Crippen molar-refractivity contribution in [2.45, 2.75) is 52.1 Å². The average molecular weight is 462 g/mol. The highest BCUT2D eigenvalue weighted by Gasteiger charge is 2.33. The molecule has 1 N–H and O–H groups in total. The Morgan fingerprint density at radius 3 is 2.18 bits per heavy atom. The molecule has 9 heteroatoms. The maximum Gasteiger partial charge on any atom is 0.416 e.